The molecule has 1 N–H and O–H groups in total. The molecule has 1 heterocycles. The number of rotatable bonds is 4. The zero-order valence-electron chi connectivity index (χ0n) is 11.1. The first-order valence-corrected chi connectivity index (χ1v) is 6.01. The van der Waals surface area contributed by atoms with Gasteiger partial charge in [-0.25, -0.2) is 0 Å². The number of carbonyl (C=O) groups is 1. The molecule has 21 heavy (non-hydrogen) atoms. The van der Waals surface area contributed by atoms with Gasteiger partial charge in [0.25, 0.3) is 0 Å². The molecule has 2 aromatic rings. The van der Waals surface area contributed by atoms with Crippen molar-refractivity contribution in [3.8, 4) is 6.07 Å². The molecule has 2 rings (SSSR count). The van der Waals surface area contributed by atoms with Crippen molar-refractivity contribution in [1.29, 1.82) is 5.26 Å². The SMILES string of the molecule is C[C@H](C(=O)Nc1ccc(C#N)cc1)n1cc([N+](=O)[O-])cn1. The van der Waals surface area contributed by atoms with Crippen molar-refractivity contribution in [1.82, 2.24) is 9.78 Å². The van der Waals surface area contributed by atoms with E-state index in [1.807, 2.05) is 6.07 Å². The Labute approximate surface area is 119 Å². The van der Waals surface area contributed by atoms with E-state index in [2.05, 4.69) is 10.4 Å². The summed E-state index contributed by atoms with van der Waals surface area (Å²) in [5, 5.41) is 25.7. The van der Waals surface area contributed by atoms with Gasteiger partial charge in [0.05, 0.1) is 16.6 Å². The van der Waals surface area contributed by atoms with Crippen LogP contribution in [0.3, 0.4) is 0 Å². The quantitative estimate of drug-likeness (QED) is 0.680. The lowest BCUT2D eigenvalue weighted by molar-refractivity contribution is -0.385. The van der Waals surface area contributed by atoms with Crippen LogP contribution in [0.25, 0.3) is 0 Å². The average molecular weight is 285 g/mol. The number of nitro groups is 1. The Bertz CT molecular complexity index is 714. The minimum atomic E-state index is -0.700. The normalized spacial score (nSPS) is 11.4. The van der Waals surface area contributed by atoms with Gasteiger partial charge in [-0.15, -0.1) is 0 Å². The maximum atomic E-state index is 12.0. The fourth-order valence-electron chi connectivity index (χ4n) is 1.63. The highest BCUT2D eigenvalue weighted by Gasteiger charge is 2.19. The minimum absolute atomic E-state index is 0.173. The number of aromatic nitrogens is 2. The molecule has 0 saturated carbocycles. The first-order chi connectivity index (χ1) is 10.0. The van der Waals surface area contributed by atoms with Crippen LogP contribution in [0.15, 0.2) is 36.7 Å². The van der Waals surface area contributed by atoms with Crippen molar-refractivity contribution >= 4 is 17.3 Å². The third-order valence-corrected chi connectivity index (χ3v) is 2.86. The highest BCUT2D eigenvalue weighted by atomic mass is 16.6. The number of hydrogen-bond acceptors (Lipinski definition) is 5. The van der Waals surface area contributed by atoms with Crippen LogP contribution in [0.2, 0.25) is 0 Å². The molecule has 0 aliphatic rings. The monoisotopic (exact) mass is 285 g/mol. The van der Waals surface area contributed by atoms with Crippen molar-refractivity contribution in [2.45, 2.75) is 13.0 Å². The van der Waals surface area contributed by atoms with E-state index < -0.39 is 11.0 Å². The van der Waals surface area contributed by atoms with Gasteiger partial charge in [-0.3, -0.25) is 19.6 Å². The number of anilines is 1. The summed E-state index contributed by atoms with van der Waals surface area (Å²) in [5.74, 6) is -0.363. The fraction of sp³-hybridized carbons (Fsp3) is 0.154. The molecule has 0 spiro atoms. The summed E-state index contributed by atoms with van der Waals surface area (Å²) in [5.41, 5.74) is 0.851. The second-order valence-corrected chi connectivity index (χ2v) is 4.29. The zero-order chi connectivity index (χ0) is 15.4. The molecule has 0 fully saturated rings. The molecule has 0 radical (unpaired) electrons. The number of carbonyl (C=O) groups excluding carboxylic acids is 1. The maximum absolute atomic E-state index is 12.0. The van der Waals surface area contributed by atoms with E-state index in [-0.39, 0.29) is 11.6 Å². The van der Waals surface area contributed by atoms with Crippen molar-refractivity contribution in [2.24, 2.45) is 0 Å². The van der Waals surface area contributed by atoms with Gasteiger partial charge in [0, 0.05) is 5.69 Å². The molecule has 8 nitrogen and oxygen atoms in total. The molecule has 8 heteroatoms. The maximum Gasteiger partial charge on any atom is 0.307 e. The Morgan fingerprint density at radius 1 is 1.48 bits per heavy atom. The fourth-order valence-corrected chi connectivity index (χ4v) is 1.63. The molecular weight excluding hydrogens is 274 g/mol. The van der Waals surface area contributed by atoms with Crippen LogP contribution in [0, 0.1) is 21.4 Å². The van der Waals surface area contributed by atoms with Crippen molar-refractivity contribution < 1.29 is 9.72 Å². The number of amides is 1. The van der Waals surface area contributed by atoms with Crippen LogP contribution < -0.4 is 5.32 Å². The molecule has 1 atom stereocenters. The first-order valence-electron chi connectivity index (χ1n) is 6.01. The number of nitrogens with zero attached hydrogens (tertiary/aromatic N) is 4. The van der Waals surface area contributed by atoms with E-state index in [4.69, 9.17) is 5.26 Å². The van der Waals surface area contributed by atoms with Gasteiger partial charge in [0.15, 0.2) is 0 Å². The predicted octanol–water partition coefficient (Wildman–Crippen LogP) is 1.86. The smallest absolute Gasteiger partial charge is 0.307 e. The topological polar surface area (TPSA) is 114 Å². The molecule has 0 saturated heterocycles. The summed E-state index contributed by atoms with van der Waals surface area (Å²) < 4.78 is 1.22. The van der Waals surface area contributed by atoms with Crippen molar-refractivity contribution in [3.05, 3.63) is 52.3 Å². The van der Waals surface area contributed by atoms with Crippen molar-refractivity contribution in [3.63, 3.8) is 0 Å². The molecule has 0 unspecified atom stereocenters. The summed E-state index contributed by atoms with van der Waals surface area (Å²) >= 11 is 0. The molecule has 0 bridgehead atoms. The summed E-state index contributed by atoms with van der Waals surface area (Å²) in [4.78, 5) is 22.0. The molecule has 1 aromatic heterocycles. The van der Waals surface area contributed by atoms with E-state index in [0.717, 1.165) is 6.20 Å². The Morgan fingerprint density at radius 2 is 2.14 bits per heavy atom. The van der Waals surface area contributed by atoms with Crippen LogP contribution in [0.5, 0.6) is 0 Å². The average Bonchev–Trinajstić information content (AvgIpc) is 2.97. The molecule has 0 aliphatic carbocycles. The first kappa shape index (κ1) is 14.2. The summed E-state index contributed by atoms with van der Waals surface area (Å²) in [6.07, 6.45) is 2.29. The van der Waals surface area contributed by atoms with Crippen LogP contribution in [-0.2, 0) is 4.79 Å². The van der Waals surface area contributed by atoms with Gasteiger partial charge in [-0.2, -0.15) is 10.4 Å². The standard InChI is InChI=1S/C13H11N5O3/c1-9(17-8-12(7-15-17)18(20)21)13(19)16-11-4-2-10(6-14)3-5-11/h2-5,7-9H,1H3,(H,16,19)/t9-/m1/s1. The highest BCUT2D eigenvalue weighted by molar-refractivity contribution is 5.93. The third kappa shape index (κ3) is 3.22. The third-order valence-electron chi connectivity index (χ3n) is 2.86. The Balaban J connectivity index is 2.07. The van der Waals surface area contributed by atoms with E-state index in [1.54, 1.807) is 31.2 Å². The van der Waals surface area contributed by atoms with E-state index >= 15 is 0 Å². The number of nitriles is 1. The largest absolute Gasteiger partial charge is 0.324 e. The Hall–Kier alpha value is -3.21. The lowest BCUT2D eigenvalue weighted by Crippen LogP contribution is -2.23. The molecule has 0 aliphatic heterocycles. The van der Waals surface area contributed by atoms with E-state index in [0.29, 0.717) is 11.3 Å². The van der Waals surface area contributed by atoms with Gasteiger partial charge >= 0.3 is 5.69 Å². The summed E-state index contributed by atoms with van der Waals surface area (Å²) in [6, 6.07) is 7.66. The second-order valence-electron chi connectivity index (χ2n) is 4.29. The Kier molecular flexibility index (Phi) is 3.95. The number of nitrogens with one attached hydrogen (secondary N) is 1. The zero-order valence-corrected chi connectivity index (χ0v) is 11.1. The lowest BCUT2D eigenvalue weighted by atomic mass is 10.2. The number of benzene rings is 1. The molecule has 106 valence electrons. The van der Waals surface area contributed by atoms with Crippen LogP contribution in [-0.4, -0.2) is 20.6 Å². The van der Waals surface area contributed by atoms with E-state index in [9.17, 15) is 14.9 Å². The van der Waals surface area contributed by atoms with Gasteiger partial charge in [0.2, 0.25) is 5.91 Å². The minimum Gasteiger partial charge on any atom is -0.324 e. The van der Waals surface area contributed by atoms with Gasteiger partial charge in [-0.1, -0.05) is 0 Å². The molecule has 1 amide bonds. The van der Waals surface area contributed by atoms with Crippen molar-refractivity contribution in [2.75, 3.05) is 5.32 Å². The van der Waals surface area contributed by atoms with Crippen LogP contribution in [0.1, 0.15) is 18.5 Å². The molecular formula is C13H11N5O3. The summed E-state index contributed by atoms with van der Waals surface area (Å²) in [7, 11) is 0. The Morgan fingerprint density at radius 3 is 2.67 bits per heavy atom. The highest BCUT2D eigenvalue weighted by Crippen LogP contribution is 2.15. The lowest BCUT2D eigenvalue weighted by Gasteiger charge is -2.12. The van der Waals surface area contributed by atoms with Gasteiger partial charge < -0.3 is 5.32 Å². The van der Waals surface area contributed by atoms with Gasteiger partial charge in [-0.05, 0) is 31.2 Å². The predicted molar refractivity (Wildman–Crippen MR) is 73.4 cm³/mol. The second kappa shape index (κ2) is 5.83. The molecule has 1 aromatic carbocycles. The van der Waals surface area contributed by atoms with E-state index in [1.165, 1.54) is 10.9 Å². The number of hydrogen-bond donors (Lipinski definition) is 1. The van der Waals surface area contributed by atoms with Crippen LogP contribution in [0.4, 0.5) is 11.4 Å². The van der Waals surface area contributed by atoms with Crippen LogP contribution >= 0.6 is 0 Å². The van der Waals surface area contributed by atoms with Gasteiger partial charge in [0.1, 0.15) is 18.4 Å². The summed E-state index contributed by atoms with van der Waals surface area (Å²) in [6.45, 7) is 1.58.